The van der Waals surface area contributed by atoms with Gasteiger partial charge in [0.25, 0.3) is 5.91 Å². The predicted octanol–water partition coefficient (Wildman–Crippen LogP) is -0.763. The van der Waals surface area contributed by atoms with E-state index < -0.39 is 220 Å². The van der Waals surface area contributed by atoms with Crippen LogP contribution in [0.3, 0.4) is 0 Å². The number of fused-ring (bicyclic) bond motifs is 1. The molecule has 41 nitrogen and oxygen atoms in total. The number of nitrogens with two attached hydrogens (primary N) is 1. The summed E-state index contributed by atoms with van der Waals surface area (Å²) in [6.07, 6.45) is -5.47. The lowest BCUT2D eigenvalue weighted by Crippen LogP contribution is -2.59. The monoisotopic (exact) mass is 1660 g/mol. The molecule has 21 N–H and O–H groups in total. The van der Waals surface area contributed by atoms with Crippen molar-refractivity contribution in [3.8, 4) is 5.75 Å². The summed E-state index contributed by atoms with van der Waals surface area (Å²) >= 11 is 0. The van der Waals surface area contributed by atoms with Gasteiger partial charge in [-0.15, -0.1) is 0 Å². The molecule has 41 heteroatoms. The molecule has 5 aromatic carbocycles. The number of phenols is 1. The standard InChI is InChI=1S/C78H98N14O27/c79-51-15-8-45(9-16-51)39-58(83-64(96)27-24-61(77(117)118)92-36-34-90(43-67(101)102)32-30-89(42-66(99)100)31-33-91(35-37-92)44-68(103)104)70(106)85-59(40-46-10-19-53(93)20-11-46)72(108)86-60(41-47-7-12-48-4-1-2-5-50(48)38-47)71(107)84-55(74(111)112)21-25-62(94)81-52-17-13-49(14-18-52)69(105)80-29-3-6-54(73(109)110)82-63(95)26-22-56(75(113)114)87-78(119)88-57(76(115)116)23-28-65(97)98/h1-2,4-5,7-20,38,54-61,93H,3,6,21-37,39-44,79H2,(H,80,105)(H,81,94)(H,82,95)(H,83,96)(H,84,107)(H,85,106)(H,86,108)(H,97,98)(H,99,100)(H,101,102)(H,103,104)(H,109,110)(H,111,112)(H,113,114)(H,115,116)(H,117,118)(H2,87,88,119)/t54?,55-,56+,57+,58+,59-,60-,61?/m1/s1. The third-order valence-corrected chi connectivity index (χ3v) is 19.1. The summed E-state index contributed by atoms with van der Waals surface area (Å²) in [7, 11) is 0. The molecule has 0 saturated carbocycles. The molecule has 642 valence electrons. The van der Waals surface area contributed by atoms with Gasteiger partial charge < -0.3 is 105 Å². The average molecular weight is 1660 g/mol. The van der Waals surface area contributed by atoms with E-state index in [0.29, 0.717) is 22.4 Å². The maximum Gasteiger partial charge on any atom is 0.326 e. The summed E-state index contributed by atoms with van der Waals surface area (Å²) in [5.41, 5.74) is 7.83. The van der Waals surface area contributed by atoms with Gasteiger partial charge in [0.2, 0.25) is 35.4 Å². The van der Waals surface area contributed by atoms with Gasteiger partial charge >= 0.3 is 59.8 Å². The average Bonchev–Trinajstić information content (AvgIpc) is 0.829. The second kappa shape index (κ2) is 47.6. The minimum Gasteiger partial charge on any atom is -0.508 e. The number of nitrogens with zero attached hydrogens (tertiary/aromatic N) is 4. The summed E-state index contributed by atoms with van der Waals surface area (Å²) in [6, 6.07) is 15.1. The zero-order valence-electron chi connectivity index (χ0n) is 64.5. The van der Waals surface area contributed by atoms with Crippen molar-refractivity contribution in [3.63, 3.8) is 0 Å². The fourth-order valence-electron chi connectivity index (χ4n) is 12.7. The molecule has 5 aromatic rings. The lowest BCUT2D eigenvalue weighted by Gasteiger charge is -2.35. The van der Waals surface area contributed by atoms with Crippen LogP contribution in [0, 0.1) is 0 Å². The van der Waals surface area contributed by atoms with Crippen molar-refractivity contribution in [3.05, 3.63) is 138 Å². The van der Waals surface area contributed by atoms with E-state index in [1.165, 1.54) is 80.3 Å². The number of rotatable bonds is 46. The molecule has 0 spiro atoms. The third kappa shape index (κ3) is 34.1. The Labute approximate surface area is 680 Å². The van der Waals surface area contributed by atoms with Gasteiger partial charge in [0, 0.05) is 121 Å². The van der Waals surface area contributed by atoms with Crippen LogP contribution in [0.2, 0.25) is 0 Å². The number of phenolic OH excluding ortho intramolecular Hbond substituents is 1. The highest BCUT2D eigenvalue weighted by Crippen LogP contribution is 2.21. The van der Waals surface area contributed by atoms with Gasteiger partial charge in [0.05, 0.1) is 19.6 Å². The van der Waals surface area contributed by atoms with Crippen molar-refractivity contribution in [1.82, 2.24) is 62.1 Å². The van der Waals surface area contributed by atoms with Crippen molar-refractivity contribution in [1.29, 1.82) is 0 Å². The SMILES string of the molecule is Nc1ccc(C[C@H](NC(=O)CCC(C(=O)O)N2CCN(CC(=O)O)CCN(CC(=O)O)CCN(CC(=O)O)CC2)C(=O)N[C@H](Cc2ccc(O)cc2)C(=O)N[C@H](Cc2ccc3ccccc3c2)C(=O)N[C@H](CCC(=O)Nc2ccc(C(=O)NCCCC(NC(=O)CC[C@H](NC(=O)N[C@@H](CCC(=O)O)C(=O)O)C(=O)O)C(=O)O)cc2)C(=O)O)cc1. The molecule has 0 aromatic heterocycles. The molecule has 1 aliphatic heterocycles. The first-order valence-corrected chi connectivity index (χ1v) is 37.7. The van der Waals surface area contributed by atoms with Crippen molar-refractivity contribution in [2.75, 3.05) is 89.6 Å². The largest absolute Gasteiger partial charge is 0.508 e. The topological polar surface area (TPSA) is 640 Å². The Bertz CT molecular complexity index is 4390. The van der Waals surface area contributed by atoms with E-state index in [2.05, 4.69) is 37.2 Å². The van der Waals surface area contributed by atoms with Crippen LogP contribution in [-0.4, -0.2) is 299 Å². The normalized spacial score (nSPS) is 15.1. The molecule has 9 amide bonds. The number of carbonyl (C=O) groups is 17. The molecule has 0 radical (unpaired) electrons. The number of amides is 9. The summed E-state index contributed by atoms with van der Waals surface area (Å²) in [5, 5.41) is 121. The first-order valence-electron chi connectivity index (χ1n) is 37.7. The van der Waals surface area contributed by atoms with Gasteiger partial charge in [-0.25, -0.2) is 24.0 Å². The molecular formula is C78H98N14O27. The number of hydrogen-bond donors (Lipinski definition) is 20. The Hall–Kier alpha value is -13.4. The molecule has 0 bridgehead atoms. The lowest BCUT2D eigenvalue weighted by atomic mass is 9.99. The molecule has 8 atom stereocenters. The van der Waals surface area contributed by atoms with Gasteiger partial charge in [-0.05, 0) is 115 Å². The van der Waals surface area contributed by atoms with Crippen molar-refractivity contribution in [2.45, 2.75) is 132 Å². The molecule has 1 aliphatic rings. The van der Waals surface area contributed by atoms with Crippen LogP contribution in [0.4, 0.5) is 16.2 Å². The van der Waals surface area contributed by atoms with Crippen molar-refractivity contribution in [2.24, 2.45) is 0 Å². The highest BCUT2D eigenvalue weighted by atomic mass is 16.4. The van der Waals surface area contributed by atoms with Crippen LogP contribution >= 0.6 is 0 Å². The molecule has 2 unspecified atom stereocenters. The summed E-state index contributed by atoms with van der Waals surface area (Å²) in [4.78, 5) is 225. The van der Waals surface area contributed by atoms with Crippen LogP contribution in [0.1, 0.15) is 91.3 Å². The smallest absolute Gasteiger partial charge is 0.326 e. The number of benzene rings is 5. The van der Waals surface area contributed by atoms with Crippen LogP contribution in [-0.2, 0) is 91.2 Å². The van der Waals surface area contributed by atoms with E-state index in [9.17, 15) is 123 Å². The molecule has 6 rings (SSSR count). The Balaban J connectivity index is 1.12. The van der Waals surface area contributed by atoms with Crippen molar-refractivity contribution < 1.29 is 133 Å². The van der Waals surface area contributed by atoms with Gasteiger partial charge in [-0.2, -0.15) is 0 Å². The van der Waals surface area contributed by atoms with E-state index in [-0.39, 0.29) is 108 Å². The Kier molecular flexibility index (Phi) is 37.8. The maximum absolute atomic E-state index is 15.1. The number of carboxylic acids is 9. The van der Waals surface area contributed by atoms with Crippen LogP contribution < -0.4 is 53.6 Å². The highest BCUT2D eigenvalue weighted by Gasteiger charge is 2.35. The van der Waals surface area contributed by atoms with Gasteiger partial charge in [-0.1, -0.05) is 66.7 Å². The number of anilines is 2. The second-order valence-electron chi connectivity index (χ2n) is 28.2. The zero-order chi connectivity index (χ0) is 87.4. The van der Waals surface area contributed by atoms with E-state index in [1.54, 1.807) is 48.5 Å². The number of nitrogens with one attached hydrogen (secondary N) is 9. The maximum atomic E-state index is 15.1. The summed E-state index contributed by atoms with van der Waals surface area (Å²) in [5.74, 6) is -19.0. The summed E-state index contributed by atoms with van der Waals surface area (Å²) < 4.78 is 0. The minimum atomic E-state index is -1.78. The molecule has 0 aliphatic carbocycles. The molecule has 1 heterocycles. The first kappa shape index (κ1) is 94.4. The van der Waals surface area contributed by atoms with Crippen LogP contribution in [0.25, 0.3) is 10.8 Å². The van der Waals surface area contributed by atoms with E-state index in [0.717, 1.165) is 10.8 Å². The predicted molar refractivity (Wildman–Crippen MR) is 420 cm³/mol. The summed E-state index contributed by atoms with van der Waals surface area (Å²) in [6.45, 7) is -1.62. The number of carbonyl (C=O) groups excluding carboxylic acids is 8. The van der Waals surface area contributed by atoms with Crippen LogP contribution in [0.5, 0.6) is 5.75 Å². The highest BCUT2D eigenvalue weighted by molar-refractivity contribution is 5.98. The van der Waals surface area contributed by atoms with Gasteiger partial charge in [-0.3, -0.25) is 77.1 Å². The molecular weight excluding hydrogens is 1560 g/mol. The number of nitrogen functional groups attached to an aromatic ring is 1. The van der Waals surface area contributed by atoms with Crippen LogP contribution in [0.15, 0.2) is 115 Å². The quantitative estimate of drug-likeness (QED) is 0.0168. The lowest BCUT2D eigenvalue weighted by molar-refractivity contribution is -0.145. The number of hydrogen-bond acceptors (Lipinski definition) is 23. The second-order valence-corrected chi connectivity index (χ2v) is 28.2. The molecule has 1 fully saturated rings. The number of urea groups is 1. The van der Waals surface area contributed by atoms with Gasteiger partial charge in [0.15, 0.2) is 0 Å². The fourth-order valence-corrected chi connectivity index (χ4v) is 12.7. The molecule has 119 heavy (non-hydrogen) atoms. The van der Waals surface area contributed by atoms with E-state index >= 15 is 4.79 Å². The van der Waals surface area contributed by atoms with E-state index in [4.69, 9.17) is 10.8 Å². The zero-order valence-corrected chi connectivity index (χ0v) is 64.5. The number of aromatic hydroxyl groups is 1. The Morgan fingerprint density at radius 2 is 0.765 bits per heavy atom. The minimum absolute atomic E-state index is 0.0119. The number of carboxylic acid groups (broad SMARTS) is 9. The Morgan fingerprint density at radius 1 is 0.370 bits per heavy atom. The Morgan fingerprint density at radius 3 is 1.24 bits per heavy atom. The third-order valence-electron chi connectivity index (χ3n) is 19.1. The first-order chi connectivity index (χ1) is 56.5. The number of aliphatic carboxylic acids is 9. The molecule has 1 saturated heterocycles. The van der Waals surface area contributed by atoms with Crippen molar-refractivity contribution >= 4 is 123 Å². The fraction of sp³-hybridized carbons (Fsp3) is 0.423. The van der Waals surface area contributed by atoms with Gasteiger partial charge in [0.1, 0.15) is 54.1 Å². The van der Waals surface area contributed by atoms with E-state index in [1.807, 2.05) is 16.7 Å².